The Kier molecular flexibility index (Phi) is 5.74. The molecular weight excluding hydrogens is 252 g/mol. The Hall–Kier alpha value is -1.36. The quantitative estimate of drug-likeness (QED) is 0.716. The Bertz CT molecular complexity index is 444. The van der Waals surface area contributed by atoms with Gasteiger partial charge in [-0.25, -0.2) is 9.97 Å². The fourth-order valence-electron chi connectivity index (χ4n) is 1.92. The van der Waals surface area contributed by atoms with Crippen LogP contribution < -0.4 is 10.6 Å². The minimum absolute atomic E-state index is 0.154. The van der Waals surface area contributed by atoms with E-state index < -0.39 is 0 Å². The Morgan fingerprint density at radius 3 is 2.30 bits per heavy atom. The van der Waals surface area contributed by atoms with E-state index in [9.17, 15) is 0 Å². The number of nitrogens with zero attached hydrogens (tertiary/aromatic N) is 2. The van der Waals surface area contributed by atoms with Crippen LogP contribution in [0.2, 0.25) is 0 Å². The van der Waals surface area contributed by atoms with Crippen molar-refractivity contribution in [2.75, 3.05) is 23.8 Å². The highest BCUT2D eigenvalue weighted by Crippen LogP contribution is 2.26. The molecule has 0 unspecified atom stereocenters. The van der Waals surface area contributed by atoms with Crippen molar-refractivity contribution in [1.29, 1.82) is 0 Å². The molecule has 0 aliphatic rings. The summed E-state index contributed by atoms with van der Waals surface area (Å²) in [6, 6.07) is 0. The maximum Gasteiger partial charge on any atom is 0.135 e. The Morgan fingerprint density at radius 2 is 1.80 bits per heavy atom. The predicted octanol–water partition coefficient (Wildman–Crippen LogP) is 2.91. The molecule has 1 aromatic heterocycles. The van der Waals surface area contributed by atoms with Crippen molar-refractivity contribution >= 4 is 11.6 Å². The van der Waals surface area contributed by atoms with Gasteiger partial charge in [0.1, 0.15) is 17.5 Å². The Labute approximate surface area is 122 Å². The second-order valence-electron chi connectivity index (χ2n) is 6.07. The van der Waals surface area contributed by atoms with Crippen molar-refractivity contribution in [2.24, 2.45) is 0 Å². The van der Waals surface area contributed by atoms with E-state index in [0.717, 1.165) is 29.6 Å². The first-order valence-corrected chi connectivity index (χ1v) is 7.32. The zero-order chi connectivity index (χ0) is 15.3. The molecule has 5 heteroatoms. The van der Waals surface area contributed by atoms with Crippen molar-refractivity contribution in [3.63, 3.8) is 0 Å². The first-order valence-electron chi connectivity index (χ1n) is 7.32. The van der Waals surface area contributed by atoms with E-state index >= 15 is 0 Å². The summed E-state index contributed by atoms with van der Waals surface area (Å²) in [6.45, 7) is 13.3. The lowest BCUT2D eigenvalue weighted by Crippen LogP contribution is -2.33. The van der Waals surface area contributed by atoms with E-state index in [1.807, 2.05) is 6.92 Å². The number of hydrogen-bond acceptors (Lipinski definition) is 5. The van der Waals surface area contributed by atoms with Crippen molar-refractivity contribution in [1.82, 2.24) is 9.97 Å². The largest absolute Gasteiger partial charge is 0.396 e. The van der Waals surface area contributed by atoms with Crippen LogP contribution in [0.1, 0.15) is 58.3 Å². The summed E-state index contributed by atoms with van der Waals surface area (Å²) in [7, 11) is 0. The fourth-order valence-corrected chi connectivity index (χ4v) is 1.92. The molecule has 0 aliphatic carbocycles. The molecule has 0 spiro atoms. The third-order valence-electron chi connectivity index (χ3n) is 3.22. The molecule has 0 aliphatic heterocycles. The van der Waals surface area contributed by atoms with Gasteiger partial charge in [0.2, 0.25) is 0 Å². The molecule has 0 radical (unpaired) electrons. The summed E-state index contributed by atoms with van der Waals surface area (Å²) < 4.78 is 0. The lowest BCUT2D eigenvalue weighted by atomic mass is 10.0. The second kappa shape index (κ2) is 6.88. The maximum absolute atomic E-state index is 9.15. The molecule has 3 N–H and O–H groups in total. The van der Waals surface area contributed by atoms with E-state index in [4.69, 9.17) is 5.11 Å². The van der Waals surface area contributed by atoms with Crippen LogP contribution in [0, 0.1) is 6.92 Å². The molecule has 0 fully saturated rings. The summed E-state index contributed by atoms with van der Waals surface area (Å²) >= 11 is 0. The third-order valence-corrected chi connectivity index (χ3v) is 3.22. The first kappa shape index (κ1) is 16.7. The molecule has 0 bridgehead atoms. The summed E-state index contributed by atoms with van der Waals surface area (Å²) in [5.41, 5.74) is 0.813. The first-order chi connectivity index (χ1) is 9.30. The van der Waals surface area contributed by atoms with Gasteiger partial charge in [-0.15, -0.1) is 0 Å². The number of anilines is 2. The van der Waals surface area contributed by atoms with Gasteiger partial charge in [-0.3, -0.25) is 0 Å². The van der Waals surface area contributed by atoms with Crippen molar-refractivity contribution in [3.05, 3.63) is 11.4 Å². The maximum atomic E-state index is 9.15. The smallest absolute Gasteiger partial charge is 0.135 e. The normalized spacial score (nSPS) is 11.8. The highest BCUT2D eigenvalue weighted by molar-refractivity contribution is 5.58. The van der Waals surface area contributed by atoms with Crippen molar-refractivity contribution in [2.45, 2.75) is 59.4 Å². The molecule has 0 aromatic carbocycles. The van der Waals surface area contributed by atoms with E-state index in [0.29, 0.717) is 6.42 Å². The van der Waals surface area contributed by atoms with Crippen LogP contribution in [0.3, 0.4) is 0 Å². The van der Waals surface area contributed by atoms with Gasteiger partial charge in [-0.05, 0) is 34.1 Å². The van der Waals surface area contributed by atoms with Crippen LogP contribution in [-0.4, -0.2) is 33.8 Å². The lowest BCUT2D eigenvalue weighted by molar-refractivity contribution is 0.260. The summed E-state index contributed by atoms with van der Waals surface area (Å²) in [6.07, 6.45) is 0.671. The van der Waals surface area contributed by atoms with Gasteiger partial charge in [-0.1, -0.05) is 13.8 Å². The van der Waals surface area contributed by atoms with E-state index in [-0.39, 0.29) is 18.1 Å². The number of aliphatic hydroxyl groups is 1. The van der Waals surface area contributed by atoms with Crippen LogP contribution in [0.5, 0.6) is 0 Å². The minimum atomic E-state index is -0.203. The van der Waals surface area contributed by atoms with Gasteiger partial charge in [0.25, 0.3) is 0 Å². The standard InChI is InChI=1S/C15H28N4O/c1-7-16-13-11(4)14(18-12(17-13)10(2)3)19-15(5,6)8-9-20/h10,20H,7-9H2,1-6H3,(H2,16,17,18,19). The molecule has 5 nitrogen and oxygen atoms in total. The third kappa shape index (κ3) is 4.34. The second-order valence-corrected chi connectivity index (χ2v) is 6.07. The zero-order valence-electron chi connectivity index (χ0n) is 13.5. The Balaban J connectivity index is 3.16. The van der Waals surface area contributed by atoms with E-state index in [2.05, 4.69) is 55.2 Å². The number of nitrogens with one attached hydrogen (secondary N) is 2. The molecule has 0 saturated heterocycles. The van der Waals surface area contributed by atoms with Crippen molar-refractivity contribution < 1.29 is 5.11 Å². The molecule has 20 heavy (non-hydrogen) atoms. The predicted molar refractivity (Wildman–Crippen MR) is 84.4 cm³/mol. The van der Waals surface area contributed by atoms with Crippen LogP contribution in [0.15, 0.2) is 0 Å². The van der Waals surface area contributed by atoms with Gasteiger partial charge in [0.05, 0.1) is 0 Å². The van der Waals surface area contributed by atoms with Crippen LogP contribution >= 0.6 is 0 Å². The number of hydrogen-bond donors (Lipinski definition) is 3. The van der Waals surface area contributed by atoms with Crippen LogP contribution in [0.25, 0.3) is 0 Å². The summed E-state index contributed by atoms with van der Waals surface area (Å²) in [5.74, 6) is 2.83. The van der Waals surface area contributed by atoms with Gasteiger partial charge in [0, 0.05) is 30.2 Å². The molecule has 114 valence electrons. The Morgan fingerprint density at radius 1 is 1.20 bits per heavy atom. The molecule has 0 saturated carbocycles. The summed E-state index contributed by atoms with van der Waals surface area (Å²) in [5, 5.41) is 15.9. The number of aromatic nitrogens is 2. The van der Waals surface area contributed by atoms with Crippen LogP contribution in [0.4, 0.5) is 11.6 Å². The van der Waals surface area contributed by atoms with Gasteiger partial charge >= 0.3 is 0 Å². The molecular formula is C15H28N4O. The van der Waals surface area contributed by atoms with Gasteiger partial charge in [-0.2, -0.15) is 0 Å². The van der Waals surface area contributed by atoms with E-state index in [1.54, 1.807) is 0 Å². The SMILES string of the molecule is CCNc1nc(C(C)C)nc(NC(C)(C)CCO)c1C. The highest BCUT2D eigenvalue weighted by Gasteiger charge is 2.21. The minimum Gasteiger partial charge on any atom is -0.396 e. The fraction of sp³-hybridized carbons (Fsp3) is 0.733. The molecule has 1 aromatic rings. The highest BCUT2D eigenvalue weighted by atomic mass is 16.3. The average Bonchev–Trinajstić information content (AvgIpc) is 2.33. The zero-order valence-corrected chi connectivity index (χ0v) is 13.5. The van der Waals surface area contributed by atoms with Gasteiger partial charge in [0.15, 0.2) is 0 Å². The monoisotopic (exact) mass is 280 g/mol. The lowest BCUT2D eigenvalue weighted by Gasteiger charge is -2.28. The van der Waals surface area contributed by atoms with Crippen LogP contribution in [-0.2, 0) is 0 Å². The number of rotatable bonds is 7. The molecule has 0 atom stereocenters. The average molecular weight is 280 g/mol. The molecule has 0 amide bonds. The molecule has 1 rings (SSSR count). The van der Waals surface area contributed by atoms with Gasteiger partial charge < -0.3 is 15.7 Å². The molecule has 1 heterocycles. The van der Waals surface area contributed by atoms with Crippen molar-refractivity contribution in [3.8, 4) is 0 Å². The van der Waals surface area contributed by atoms with E-state index in [1.165, 1.54) is 0 Å². The number of aliphatic hydroxyl groups excluding tert-OH is 1. The summed E-state index contributed by atoms with van der Waals surface area (Å²) in [4.78, 5) is 9.22. The topological polar surface area (TPSA) is 70.1 Å².